The van der Waals surface area contributed by atoms with Crippen molar-refractivity contribution in [1.29, 1.82) is 0 Å². The van der Waals surface area contributed by atoms with Crippen molar-refractivity contribution in [3.63, 3.8) is 0 Å². The summed E-state index contributed by atoms with van der Waals surface area (Å²) < 4.78 is 56.4. The molecular formula is C14H8F4N2O. The number of halogens is 4. The molecule has 0 amide bonds. The Labute approximate surface area is 116 Å². The normalized spacial score (nSPS) is 11.8. The third kappa shape index (κ3) is 2.67. The fraction of sp³-hybridized carbons (Fsp3) is 0.0714. The Hall–Kier alpha value is -2.57. The maximum absolute atomic E-state index is 13.2. The van der Waals surface area contributed by atoms with Gasteiger partial charge in [-0.25, -0.2) is 4.39 Å². The Morgan fingerprint density at radius 2 is 1.81 bits per heavy atom. The van der Waals surface area contributed by atoms with Crippen molar-refractivity contribution in [3.8, 4) is 0 Å². The van der Waals surface area contributed by atoms with Gasteiger partial charge < -0.3 is 9.73 Å². The minimum atomic E-state index is -4.76. The van der Waals surface area contributed by atoms with E-state index in [1.54, 1.807) is 24.3 Å². The number of hydrogen-bond donors (Lipinski definition) is 1. The molecule has 2 aromatic carbocycles. The molecule has 7 heteroatoms. The second-order valence-electron chi connectivity index (χ2n) is 4.30. The summed E-state index contributed by atoms with van der Waals surface area (Å²) >= 11 is 0. The van der Waals surface area contributed by atoms with Crippen molar-refractivity contribution in [2.45, 2.75) is 6.18 Å². The van der Waals surface area contributed by atoms with E-state index in [-0.39, 0.29) is 11.7 Å². The van der Waals surface area contributed by atoms with E-state index in [0.717, 1.165) is 6.07 Å². The van der Waals surface area contributed by atoms with E-state index in [1.165, 1.54) is 6.07 Å². The van der Waals surface area contributed by atoms with Crippen LogP contribution >= 0.6 is 0 Å². The lowest BCUT2D eigenvalue weighted by atomic mass is 10.2. The Balaban J connectivity index is 1.94. The van der Waals surface area contributed by atoms with Crippen LogP contribution in [0.15, 0.2) is 46.9 Å². The summed E-state index contributed by atoms with van der Waals surface area (Å²) in [6, 6.07) is 9.52. The molecule has 0 spiro atoms. The van der Waals surface area contributed by atoms with Gasteiger partial charge in [0.25, 0.3) is 6.01 Å². The highest BCUT2D eigenvalue weighted by Crippen LogP contribution is 2.33. The van der Waals surface area contributed by atoms with Crippen molar-refractivity contribution in [2.24, 2.45) is 0 Å². The second kappa shape index (κ2) is 4.76. The van der Waals surface area contributed by atoms with Crippen LogP contribution in [-0.4, -0.2) is 4.98 Å². The van der Waals surface area contributed by atoms with Gasteiger partial charge in [-0.3, -0.25) is 0 Å². The van der Waals surface area contributed by atoms with Gasteiger partial charge in [0, 0.05) is 5.69 Å². The predicted octanol–water partition coefficient (Wildman–Crippen LogP) is 4.73. The number of para-hydroxylation sites is 2. The molecule has 0 aliphatic heterocycles. The molecule has 1 aromatic heterocycles. The fourth-order valence-electron chi connectivity index (χ4n) is 1.87. The summed E-state index contributed by atoms with van der Waals surface area (Å²) in [4.78, 5) is 4.07. The van der Waals surface area contributed by atoms with Gasteiger partial charge in [-0.1, -0.05) is 12.1 Å². The van der Waals surface area contributed by atoms with Crippen molar-refractivity contribution in [1.82, 2.24) is 4.98 Å². The van der Waals surface area contributed by atoms with E-state index >= 15 is 0 Å². The molecule has 0 atom stereocenters. The predicted molar refractivity (Wildman–Crippen MR) is 68.7 cm³/mol. The molecule has 3 rings (SSSR count). The third-order valence-electron chi connectivity index (χ3n) is 2.82. The van der Waals surface area contributed by atoms with Crippen LogP contribution in [-0.2, 0) is 6.18 Å². The quantitative estimate of drug-likeness (QED) is 0.695. The van der Waals surface area contributed by atoms with E-state index in [1.807, 2.05) is 0 Å². The first-order chi connectivity index (χ1) is 9.93. The van der Waals surface area contributed by atoms with Crippen molar-refractivity contribution in [3.05, 3.63) is 53.8 Å². The Kier molecular flexibility index (Phi) is 3.04. The Morgan fingerprint density at radius 1 is 1.05 bits per heavy atom. The van der Waals surface area contributed by atoms with E-state index in [4.69, 9.17) is 4.42 Å². The van der Waals surface area contributed by atoms with Gasteiger partial charge in [0.2, 0.25) is 0 Å². The SMILES string of the molecule is Fc1ccc(Nc2nc3ccccc3o2)cc1C(F)(F)F. The first-order valence-electron chi connectivity index (χ1n) is 5.93. The molecule has 0 saturated carbocycles. The maximum atomic E-state index is 13.2. The molecule has 1 heterocycles. The number of hydrogen-bond acceptors (Lipinski definition) is 3. The minimum Gasteiger partial charge on any atom is -0.423 e. The number of anilines is 2. The topological polar surface area (TPSA) is 38.1 Å². The average molecular weight is 296 g/mol. The van der Waals surface area contributed by atoms with Crippen LogP contribution in [0, 0.1) is 5.82 Å². The van der Waals surface area contributed by atoms with Crippen LogP contribution in [0.4, 0.5) is 29.3 Å². The second-order valence-corrected chi connectivity index (χ2v) is 4.30. The minimum absolute atomic E-state index is 0.0373. The molecule has 0 unspecified atom stereocenters. The lowest BCUT2D eigenvalue weighted by molar-refractivity contribution is -0.139. The van der Waals surface area contributed by atoms with Crippen molar-refractivity contribution in [2.75, 3.05) is 5.32 Å². The highest BCUT2D eigenvalue weighted by molar-refractivity contribution is 5.75. The highest BCUT2D eigenvalue weighted by atomic mass is 19.4. The van der Waals surface area contributed by atoms with Crippen LogP contribution in [0.1, 0.15) is 5.56 Å². The maximum Gasteiger partial charge on any atom is 0.419 e. The van der Waals surface area contributed by atoms with Gasteiger partial charge in [0.15, 0.2) is 5.58 Å². The molecule has 21 heavy (non-hydrogen) atoms. The summed E-state index contributed by atoms with van der Waals surface area (Å²) in [5, 5.41) is 2.59. The first-order valence-corrected chi connectivity index (χ1v) is 5.93. The van der Waals surface area contributed by atoms with E-state index in [9.17, 15) is 17.6 Å². The van der Waals surface area contributed by atoms with Gasteiger partial charge in [0.1, 0.15) is 11.3 Å². The molecule has 108 valence electrons. The van der Waals surface area contributed by atoms with E-state index < -0.39 is 17.6 Å². The summed E-state index contributed by atoms with van der Waals surface area (Å²) in [6.07, 6.45) is -4.76. The number of fused-ring (bicyclic) bond motifs is 1. The van der Waals surface area contributed by atoms with Gasteiger partial charge in [-0.05, 0) is 30.3 Å². The number of oxazole rings is 1. The number of rotatable bonds is 2. The van der Waals surface area contributed by atoms with Crippen LogP contribution < -0.4 is 5.32 Å². The van der Waals surface area contributed by atoms with Gasteiger partial charge in [0.05, 0.1) is 5.56 Å². The van der Waals surface area contributed by atoms with Crippen LogP contribution in [0.3, 0.4) is 0 Å². The van der Waals surface area contributed by atoms with Gasteiger partial charge >= 0.3 is 6.18 Å². The number of benzene rings is 2. The molecular weight excluding hydrogens is 288 g/mol. The van der Waals surface area contributed by atoms with Crippen molar-refractivity contribution >= 4 is 22.8 Å². The average Bonchev–Trinajstić information content (AvgIpc) is 2.82. The lowest BCUT2D eigenvalue weighted by Gasteiger charge is -2.09. The van der Waals surface area contributed by atoms with Crippen LogP contribution in [0.5, 0.6) is 0 Å². The summed E-state index contributed by atoms with van der Waals surface area (Å²) in [5.41, 5.74) is -0.241. The Morgan fingerprint density at radius 3 is 2.52 bits per heavy atom. The van der Waals surface area contributed by atoms with Crippen LogP contribution in [0.2, 0.25) is 0 Å². The van der Waals surface area contributed by atoms with Crippen molar-refractivity contribution < 1.29 is 22.0 Å². The monoisotopic (exact) mass is 296 g/mol. The number of aromatic nitrogens is 1. The number of nitrogens with zero attached hydrogens (tertiary/aromatic N) is 1. The molecule has 0 fully saturated rings. The summed E-state index contributed by atoms with van der Waals surface area (Å²) in [7, 11) is 0. The molecule has 0 bridgehead atoms. The molecule has 3 nitrogen and oxygen atoms in total. The molecule has 0 aliphatic carbocycles. The Bertz CT molecular complexity index is 762. The standard InChI is InChI=1S/C14H8F4N2O/c15-10-6-5-8(7-9(10)14(16,17)18)19-13-20-11-3-1-2-4-12(11)21-13/h1-7H,(H,19,20). The number of alkyl halides is 3. The zero-order valence-electron chi connectivity index (χ0n) is 10.4. The zero-order chi connectivity index (χ0) is 15.0. The van der Waals surface area contributed by atoms with E-state index in [2.05, 4.69) is 10.3 Å². The third-order valence-corrected chi connectivity index (χ3v) is 2.82. The summed E-state index contributed by atoms with van der Waals surface area (Å²) in [5.74, 6) is -1.33. The van der Waals surface area contributed by atoms with Crippen LogP contribution in [0.25, 0.3) is 11.1 Å². The molecule has 0 saturated heterocycles. The van der Waals surface area contributed by atoms with E-state index in [0.29, 0.717) is 17.2 Å². The largest absolute Gasteiger partial charge is 0.423 e. The van der Waals surface area contributed by atoms with Gasteiger partial charge in [-0.15, -0.1) is 0 Å². The fourth-order valence-corrected chi connectivity index (χ4v) is 1.87. The smallest absolute Gasteiger partial charge is 0.419 e. The highest BCUT2D eigenvalue weighted by Gasteiger charge is 2.34. The molecule has 0 radical (unpaired) electrons. The lowest BCUT2D eigenvalue weighted by Crippen LogP contribution is -2.08. The molecule has 1 N–H and O–H groups in total. The summed E-state index contributed by atoms with van der Waals surface area (Å²) in [6.45, 7) is 0. The number of nitrogens with one attached hydrogen (secondary N) is 1. The molecule has 3 aromatic rings. The first kappa shape index (κ1) is 13.4. The zero-order valence-corrected chi connectivity index (χ0v) is 10.4. The van der Waals surface area contributed by atoms with Gasteiger partial charge in [-0.2, -0.15) is 18.2 Å². The molecule has 0 aliphatic rings.